The third kappa shape index (κ3) is 11.6. The molecule has 14 nitrogen and oxygen atoms in total. The zero-order valence-corrected chi connectivity index (χ0v) is 31.1. The Labute approximate surface area is 326 Å². The molecule has 1 atom stereocenters. The van der Waals surface area contributed by atoms with Gasteiger partial charge in [-0.15, -0.1) is 16.7 Å². The number of hydrogen-bond acceptors (Lipinski definition) is 11. The van der Waals surface area contributed by atoms with E-state index in [4.69, 9.17) is 49.0 Å². The Morgan fingerprint density at radius 2 is 1.62 bits per heavy atom. The number of ether oxygens (including phenoxy) is 4. The first kappa shape index (κ1) is 45.1. The van der Waals surface area contributed by atoms with Crippen LogP contribution in [0, 0.1) is 22.9 Å². The summed E-state index contributed by atoms with van der Waals surface area (Å²) < 4.78 is 98.3. The second-order valence-electron chi connectivity index (χ2n) is 10.8. The third-order valence-corrected chi connectivity index (χ3v) is 7.94. The molecule has 0 spiro atoms. The Morgan fingerprint density at radius 3 is 2.18 bits per heavy atom. The van der Waals surface area contributed by atoms with E-state index in [1.807, 2.05) is 0 Å². The summed E-state index contributed by atoms with van der Waals surface area (Å²) in [7, 11) is 0. The van der Waals surface area contributed by atoms with Gasteiger partial charge in [-0.25, -0.2) is 23.3 Å². The van der Waals surface area contributed by atoms with Crippen LogP contribution in [0.25, 0.3) is 5.69 Å². The number of aryl methyl sites for hydroxylation is 1. The summed E-state index contributed by atoms with van der Waals surface area (Å²) in [4.78, 5) is 57.5. The summed E-state index contributed by atoms with van der Waals surface area (Å²) in [5.41, 5.74) is -3.53. The Kier molecular flexibility index (Phi) is 15.7. The van der Waals surface area contributed by atoms with Crippen molar-refractivity contribution in [3.63, 3.8) is 0 Å². The Morgan fingerprint density at radius 1 is 0.964 bits per heavy atom. The lowest BCUT2D eigenvalue weighted by atomic mass is 10.1. The van der Waals surface area contributed by atoms with Crippen LogP contribution >= 0.6 is 34.8 Å². The minimum absolute atomic E-state index is 0.0424. The van der Waals surface area contributed by atoms with E-state index in [9.17, 15) is 55.6 Å². The van der Waals surface area contributed by atoms with Crippen molar-refractivity contribution in [2.75, 3.05) is 19.8 Å². The van der Waals surface area contributed by atoms with E-state index in [1.165, 1.54) is 13.8 Å². The molecule has 0 bridgehead atoms. The van der Waals surface area contributed by atoms with E-state index < -0.39 is 75.9 Å². The van der Waals surface area contributed by atoms with E-state index in [0.29, 0.717) is 10.7 Å². The maximum absolute atomic E-state index is 14.2. The maximum Gasteiger partial charge on any atom is 0.416 e. The van der Waals surface area contributed by atoms with Gasteiger partial charge in [-0.3, -0.25) is 14.9 Å². The summed E-state index contributed by atoms with van der Waals surface area (Å²) in [5.74, 6) is -4.28. The number of aromatic nitrogens is 3. The van der Waals surface area contributed by atoms with Crippen LogP contribution in [-0.2, 0) is 36.4 Å². The number of halogens is 9. The first-order chi connectivity index (χ1) is 26.2. The first-order valence-electron chi connectivity index (χ1n) is 15.6. The van der Waals surface area contributed by atoms with E-state index in [1.54, 1.807) is 6.92 Å². The summed E-state index contributed by atoms with van der Waals surface area (Å²) >= 11 is 17.7. The van der Waals surface area contributed by atoms with Crippen LogP contribution in [0.3, 0.4) is 0 Å². The van der Waals surface area contributed by atoms with Crippen LogP contribution in [0.5, 0.6) is 11.5 Å². The fraction of sp³-hybridized carbons (Fsp3) is 0.303. The number of carbonyl (C=O) groups excluding carboxylic acids is 3. The SMILES string of the molecule is CCOC(=O)C(Cl)Cc1cc(-n2nc(C)n(C(F)F)c2=O)c(F)cc1Cl.CCOC(=O)COC(=O)c1cc(Oc2ccc(C(F)(F)F)cc2Cl)ccc1[N+](=O)[O-]. The van der Waals surface area contributed by atoms with Crippen LogP contribution in [0.4, 0.5) is 32.0 Å². The third-order valence-electron chi connectivity index (χ3n) is 6.96. The molecule has 23 heteroatoms. The van der Waals surface area contributed by atoms with Crippen LogP contribution in [0.1, 0.15) is 47.7 Å². The van der Waals surface area contributed by atoms with Gasteiger partial charge in [-0.2, -0.15) is 26.6 Å². The van der Waals surface area contributed by atoms with Gasteiger partial charge >= 0.3 is 36.3 Å². The molecule has 0 amide bonds. The van der Waals surface area contributed by atoms with Gasteiger partial charge in [0.15, 0.2) is 12.4 Å². The second kappa shape index (κ2) is 19.5. The summed E-state index contributed by atoms with van der Waals surface area (Å²) in [6.07, 6.45) is -4.72. The zero-order valence-electron chi connectivity index (χ0n) is 28.9. The Bertz CT molecular complexity index is 2160. The minimum Gasteiger partial charge on any atom is -0.465 e. The average Bonchev–Trinajstić information content (AvgIpc) is 3.42. The number of hydrogen-bond donors (Lipinski definition) is 0. The Hall–Kier alpha value is -5.34. The molecule has 1 unspecified atom stereocenters. The number of alkyl halides is 6. The van der Waals surface area contributed by atoms with Gasteiger partial charge in [-0.05, 0) is 62.7 Å². The molecule has 0 saturated heterocycles. The van der Waals surface area contributed by atoms with E-state index in [2.05, 4.69) is 9.84 Å². The highest BCUT2D eigenvalue weighted by atomic mass is 35.5. The standard InChI is InChI=1S/C18H13ClF3NO7.C15H14Cl2F3N3O3/c1-2-28-16(24)9-29-17(25)12-8-11(4-5-14(12)23(26)27)30-15-6-3-10(7-13(15)19)18(20,21)22;1-3-26-13(24)10(17)4-8-5-12(11(18)6-9(8)16)23-15(25)22(14(19)20)7(2)21-23/h3-8H,2,9H2,1H3;5-6,10,14H,3-4H2,1-2H3. The molecule has 0 fully saturated rings. The zero-order chi connectivity index (χ0) is 42.1. The topological polar surface area (TPSA) is 171 Å². The van der Waals surface area contributed by atoms with E-state index >= 15 is 0 Å². The molecule has 1 heterocycles. The van der Waals surface area contributed by atoms with Crippen LogP contribution < -0.4 is 10.4 Å². The first-order valence-corrected chi connectivity index (χ1v) is 16.8. The number of nitro groups is 1. The van der Waals surface area contributed by atoms with Crippen molar-refractivity contribution in [1.29, 1.82) is 0 Å². The van der Waals surface area contributed by atoms with E-state index in [0.717, 1.165) is 42.5 Å². The highest BCUT2D eigenvalue weighted by molar-refractivity contribution is 6.32. The molecule has 4 aromatic rings. The highest BCUT2D eigenvalue weighted by Gasteiger charge is 2.31. The molecular formula is C33H27Cl3F6N4O10. The minimum atomic E-state index is -4.61. The number of nitrogens with zero attached hydrogens (tertiary/aromatic N) is 4. The van der Waals surface area contributed by atoms with Gasteiger partial charge in [0.1, 0.15) is 34.0 Å². The van der Waals surface area contributed by atoms with Gasteiger partial charge in [0, 0.05) is 23.6 Å². The quantitative estimate of drug-likeness (QED) is 0.0318. The fourth-order valence-corrected chi connectivity index (χ4v) is 5.14. The normalized spacial score (nSPS) is 11.7. The number of rotatable bonds is 13. The fourth-order valence-electron chi connectivity index (χ4n) is 4.46. The highest BCUT2D eigenvalue weighted by Crippen LogP contribution is 2.37. The van der Waals surface area contributed by atoms with Crippen molar-refractivity contribution in [3.05, 3.63) is 108 Å². The van der Waals surface area contributed by atoms with Crippen molar-refractivity contribution in [2.45, 2.75) is 45.3 Å². The van der Waals surface area contributed by atoms with Crippen LogP contribution in [-0.4, -0.2) is 62.4 Å². The predicted octanol–water partition coefficient (Wildman–Crippen LogP) is 8.02. The molecule has 56 heavy (non-hydrogen) atoms. The van der Waals surface area contributed by atoms with Gasteiger partial charge in [-0.1, -0.05) is 23.2 Å². The van der Waals surface area contributed by atoms with Crippen LogP contribution in [0.15, 0.2) is 53.3 Å². The molecule has 0 aliphatic heterocycles. The van der Waals surface area contributed by atoms with Gasteiger partial charge in [0.2, 0.25) is 0 Å². The van der Waals surface area contributed by atoms with Crippen molar-refractivity contribution in [1.82, 2.24) is 14.3 Å². The average molecular weight is 860 g/mol. The summed E-state index contributed by atoms with van der Waals surface area (Å²) in [5, 5.41) is 13.3. The molecular weight excluding hydrogens is 833 g/mol. The second-order valence-corrected chi connectivity index (χ2v) is 12.1. The molecule has 0 N–H and O–H groups in total. The summed E-state index contributed by atoms with van der Waals surface area (Å²) in [6, 6.07) is 7.38. The lowest BCUT2D eigenvalue weighted by Gasteiger charge is -2.12. The molecule has 0 radical (unpaired) electrons. The lowest BCUT2D eigenvalue weighted by Crippen LogP contribution is -2.25. The number of benzene rings is 3. The largest absolute Gasteiger partial charge is 0.465 e. The smallest absolute Gasteiger partial charge is 0.416 e. The van der Waals surface area contributed by atoms with Gasteiger partial charge in [0.25, 0.3) is 5.69 Å². The molecule has 0 aliphatic carbocycles. The number of esters is 3. The van der Waals surface area contributed by atoms with Gasteiger partial charge < -0.3 is 18.9 Å². The molecule has 302 valence electrons. The Balaban J connectivity index is 0.000000303. The lowest BCUT2D eigenvalue weighted by molar-refractivity contribution is -0.385. The van der Waals surface area contributed by atoms with Crippen molar-refractivity contribution in [3.8, 4) is 17.2 Å². The van der Waals surface area contributed by atoms with Crippen molar-refractivity contribution >= 4 is 58.4 Å². The van der Waals surface area contributed by atoms with E-state index in [-0.39, 0.29) is 62.8 Å². The molecule has 0 aliphatic rings. The monoisotopic (exact) mass is 858 g/mol. The predicted molar refractivity (Wildman–Crippen MR) is 185 cm³/mol. The van der Waals surface area contributed by atoms with Gasteiger partial charge in [0.05, 0.1) is 28.7 Å². The molecule has 1 aromatic heterocycles. The van der Waals surface area contributed by atoms with Crippen molar-refractivity contribution in [2.24, 2.45) is 0 Å². The van der Waals surface area contributed by atoms with Crippen molar-refractivity contribution < 1.29 is 64.6 Å². The number of nitro benzene ring substituents is 1. The molecule has 3 aromatic carbocycles. The van der Waals surface area contributed by atoms with Crippen LogP contribution in [0.2, 0.25) is 10.0 Å². The maximum atomic E-state index is 14.2. The number of carbonyl (C=O) groups is 3. The molecule has 0 saturated carbocycles. The molecule has 4 rings (SSSR count). The summed E-state index contributed by atoms with van der Waals surface area (Å²) in [6.45, 7) is 0.629.